The number of unbranched alkanes of at least 4 members (excludes halogenated alkanes) is 1. The van der Waals surface area contributed by atoms with Crippen molar-refractivity contribution in [3.05, 3.63) is 24.6 Å². The van der Waals surface area contributed by atoms with Crippen molar-refractivity contribution >= 4 is 11.9 Å². The van der Waals surface area contributed by atoms with Crippen LogP contribution in [-0.4, -0.2) is 52.2 Å². The van der Waals surface area contributed by atoms with Gasteiger partial charge in [0, 0.05) is 38.1 Å². The molecule has 102 valence electrons. The summed E-state index contributed by atoms with van der Waals surface area (Å²) in [7, 11) is 2.10. The third-order valence-electron chi connectivity index (χ3n) is 2.10. The topological polar surface area (TPSA) is 81.1 Å². The Bertz CT molecular complexity index is 310. The molecule has 0 aromatic heterocycles. The maximum atomic E-state index is 9.55. The molecule has 2 N–H and O–H groups in total. The number of carboxylic acid groups (broad SMARTS) is 2. The molecule has 1 aliphatic heterocycles. The minimum Gasteiger partial charge on any atom is -0.478 e. The molecule has 0 aliphatic carbocycles. The fraction of sp³-hybridized carbons (Fsp3) is 0.500. The standard InChI is InChI=1S/C8H16N2.C4H4O4/c1-3-4-5-10-7-6-9(2)8-10;5-3(6)1-2-4(7)8/h6-7H,3-5,8H2,1-2H3;1-2H,(H,5,6)(H,7,8)/b;2-1-. The van der Waals surface area contributed by atoms with Gasteiger partial charge in [0.05, 0.1) is 6.67 Å². The molecule has 1 aliphatic rings. The van der Waals surface area contributed by atoms with Crippen LogP contribution >= 0.6 is 0 Å². The highest BCUT2D eigenvalue weighted by Crippen LogP contribution is 2.04. The molecule has 0 saturated carbocycles. The van der Waals surface area contributed by atoms with Gasteiger partial charge in [-0.25, -0.2) is 9.59 Å². The summed E-state index contributed by atoms with van der Waals surface area (Å²) in [5.41, 5.74) is 0. The third kappa shape index (κ3) is 9.26. The Morgan fingerprint density at radius 2 is 1.78 bits per heavy atom. The van der Waals surface area contributed by atoms with E-state index in [1.54, 1.807) is 0 Å². The van der Waals surface area contributed by atoms with E-state index >= 15 is 0 Å². The second-order valence-corrected chi connectivity index (χ2v) is 3.87. The van der Waals surface area contributed by atoms with Crippen LogP contribution in [0.25, 0.3) is 0 Å². The molecular weight excluding hydrogens is 236 g/mol. The van der Waals surface area contributed by atoms with Gasteiger partial charge in [0.1, 0.15) is 0 Å². The summed E-state index contributed by atoms with van der Waals surface area (Å²) in [5, 5.41) is 15.6. The lowest BCUT2D eigenvalue weighted by molar-refractivity contribution is -0.134. The molecule has 6 heteroatoms. The molecule has 0 aromatic carbocycles. The van der Waals surface area contributed by atoms with E-state index in [-0.39, 0.29) is 0 Å². The molecule has 0 saturated heterocycles. The Balaban J connectivity index is 0.000000331. The van der Waals surface area contributed by atoms with Gasteiger partial charge in [0.2, 0.25) is 0 Å². The van der Waals surface area contributed by atoms with Gasteiger partial charge in [0.15, 0.2) is 0 Å². The SMILES string of the molecule is CCCCN1C=CN(C)C1.O=C(O)/C=C\C(=O)O. The van der Waals surface area contributed by atoms with Crippen molar-refractivity contribution in [3.63, 3.8) is 0 Å². The number of hydrogen-bond donors (Lipinski definition) is 2. The first-order valence-corrected chi connectivity index (χ1v) is 5.72. The number of rotatable bonds is 5. The second-order valence-electron chi connectivity index (χ2n) is 3.87. The second kappa shape index (κ2) is 9.09. The highest BCUT2D eigenvalue weighted by molar-refractivity contribution is 5.89. The summed E-state index contributed by atoms with van der Waals surface area (Å²) in [6.07, 6.45) is 7.99. The van der Waals surface area contributed by atoms with Gasteiger partial charge < -0.3 is 20.0 Å². The Labute approximate surface area is 107 Å². The molecule has 0 bridgehead atoms. The van der Waals surface area contributed by atoms with Gasteiger partial charge >= 0.3 is 11.9 Å². The van der Waals surface area contributed by atoms with Crippen LogP contribution in [0.2, 0.25) is 0 Å². The van der Waals surface area contributed by atoms with Crippen molar-refractivity contribution in [2.75, 3.05) is 20.3 Å². The summed E-state index contributed by atoms with van der Waals surface area (Å²) in [6, 6.07) is 0. The fourth-order valence-electron chi connectivity index (χ4n) is 1.24. The van der Waals surface area contributed by atoms with E-state index in [9.17, 15) is 9.59 Å². The van der Waals surface area contributed by atoms with E-state index < -0.39 is 11.9 Å². The molecule has 0 amide bonds. The molecular formula is C12H20N2O4. The quantitative estimate of drug-likeness (QED) is 0.719. The van der Waals surface area contributed by atoms with E-state index in [1.807, 2.05) is 0 Å². The number of nitrogens with zero attached hydrogens (tertiary/aromatic N) is 2. The maximum absolute atomic E-state index is 9.55. The summed E-state index contributed by atoms with van der Waals surface area (Å²) >= 11 is 0. The first-order valence-electron chi connectivity index (χ1n) is 5.72. The summed E-state index contributed by atoms with van der Waals surface area (Å²) in [5.74, 6) is -2.51. The number of carbonyl (C=O) groups is 2. The monoisotopic (exact) mass is 256 g/mol. The van der Waals surface area contributed by atoms with E-state index in [2.05, 4.69) is 36.2 Å². The van der Waals surface area contributed by atoms with Crippen molar-refractivity contribution in [2.45, 2.75) is 19.8 Å². The van der Waals surface area contributed by atoms with Crippen LogP contribution in [0.15, 0.2) is 24.6 Å². The highest BCUT2D eigenvalue weighted by atomic mass is 16.4. The zero-order valence-electron chi connectivity index (χ0n) is 10.7. The van der Waals surface area contributed by atoms with Crippen LogP contribution in [0.1, 0.15) is 19.8 Å². The normalized spacial score (nSPS) is 13.7. The van der Waals surface area contributed by atoms with Crippen LogP contribution in [0.5, 0.6) is 0 Å². The van der Waals surface area contributed by atoms with Crippen molar-refractivity contribution in [1.29, 1.82) is 0 Å². The van der Waals surface area contributed by atoms with Crippen LogP contribution < -0.4 is 0 Å². The lowest BCUT2D eigenvalue weighted by Gasteiger charge is -2.17. The zero-order chi connectivity index (χ0) is 14.0. The van der Waals surface area contributed by atoms with Crippen LogP contribution in [0, 0.1) is 0 Å². The smallest absolute Gasteiger partial charge is 0.328 e. The zero-order valence-corrected chi connectivity index (χ0v) is 10.7. The van der Waals surface area contributed by atoms with E-state index in [0.717, 1.165) is 6.67 Å². The first-order chi connectivity index (χ1) is 8.45. The molecule has 0 radical (unpaired) electrons. The molecule has 6 nitrogen and oxygen atoms in total. The molecule has 1 heterocycles. The van der Waals surface area contributed by atoms with Gasteiger partial charge in [-0.05, 0) is 6.42 Å². The van der Waals surface area contributed by atoms with E-state index in [0.29, 0.717) is 12.2 Å². The van der Waals surface area contributed by atoms with Gasteiger partial charge in [-0.1, -0.05) is 13.3 Å². The van der Waals surface area contributed by atoms with Crippen LogP contribution in [0.3, 0.4) is 0 Å². The van der Waals surface area contributed by atoms with Gasteiger partial charge in [-0.2, -0.15) is 0 Å². The molecule has 1 rings (SSSR count). The Kier molecular flexibility index (Phi) is 8.09. The lowest BCUT2D eigenvalue weighted by atomic mass is 10.3. The summed E-state index contributed by atoms with van der Waals surface area (Å²) in [6.45, 7) is 4.50. The largest absolute Gasteiger partial charge is 0.478 e. The first kappa shape index (κ1) is 16.0. The summed E-state index contributed by atoms with van der Waals surface area (Å²) in [4.78, 5) is 23.6. The Morgan fingerprint density at radius 3 is 2.11 bits per heavy atom. The average molecular weight is 256 g/mol. The predicted molar refractivity (Wildman–Crippen MR) is 67.8 cm³/mol. The van der Waals surface area contributed by atoms with Crippen LogP contribution in [-0.2, 0) is 9.59 Å². The van der Waals surface area contributed by atoms with E-state index in [4.69, 9.17) is 10.2 Å². The molecule has 0 atom stereocenters. The number of aliphatic carboxylic acids is 2. The number of carboxylic acids is 2. The van der Waals surface area contributed by atoms with Crippen molar-refractivity contribution in [3.8, 4) is 0 Å². The molecule has 0 aromatic rings. The van der Waals surface area contributed by atoms with Gasteiger partial charge in [-0.15, -0.1) is 0 Å². The van der Waals surface area contributed by atoms with Gasteiger partial charge in [-0.3, -0.25) is 0 Å². The average Bonchev–Trinajstić information content (AvgIpc) is 2.70. The molecule has 18 heavy (non-hydrogen) atoms. The van der Waals surface area contributed by atoms with Crippen molar-refractivity contribution in [2.24, 2.45) is 0 Å². The van der Waals surface area contributed by atoms with Crippen LogP contribution in [0.4, 0.5) is 0 Å². The molecule has 0 unspecified atom stereocenters. The fourth-order valence-corrected chi connectivity index (χ4v) is 1.24. The van der Waals surface area contributed by atoms with E-state index in [1.165, 1.54) is 19.4 Å². The minimum absolute atomic E-state index is 0.558. The summed E-state index contributed by atoms with van der Waals surface area (Å²) < 4.78 is 0. The Morgan fingerprint density at radius 1 is 1.22 bits per heavy atom. The molecule has 0 fully saturated rings. The highest BCUT2D eigenvalue weighted by Gasteiger charge is 2.05. The minimum atomic E-state index is -1.26. The predicted octanol–water partition coefficient (Wildman–Crippen LogP) is 1.17. The van der Waals surface area contributed by atoms with Crippen molar-refractivity contribution in [1.82, 2.24) is 9.80 Å². The molecule has 0 spiro atoms. The maximum Gasteiger partial charge on any atom is 0.328 e. The number of hydrogen-bond acceptors (Lipinski definition) is 4. The lowest BCUT2D eigenvalue weighted by Crippen LogP contribution is -2.23. The Hall–Kier alpha value is -1.98. The third-order valence-corrected chi connectivity index (χ3v) is 2.10. The van der Waals surface area contributed by atoms with Crippen molar-refractivity contribution < 1.29 is 19.8 Å². The van der Waals surface area contributed by atoms with Gasteiger partial charge in [0.25, 0.3) is 0 Å².